The van der Waals surface area contributed by atoms with E-state index < -0.39 is 0 Å². The summed E-state index contributed by atoms with van der Waals surface area (Å²) in [5.41, 5.74) is 1.98. The molecule has 0 bridgehead atoms. The molecule has 1 amide bonds. The van der Waals surface area contributed by atoms with Gasteiger partial charge in [-0.2, -0.15) is 0 Å². The number of carbonyl (C=O) groups excluding carboxylic acids is 2. The first kappa shape index (κ1) is 18.1. The van der Waals surface area contributed by atoms with E-state index in [0.717, 1.165) is 11.3 Å². The summed E-state index contributed by atoms with van der Waals surface area (Å²) in [6, 6.07) is 9.89. The van der Waals surface area contributed by atoms with Gasteiger partial charge in [-0.05, 0) is 18.9 Å². The Labute approximate surface area is 145 Å². The van der Waals surface area contributed by atoms with Gasteiger partial charge >= 0.3 is 5.97 Å². The zero-order valence-electron chi connectivity index (χ0n) is 13.6. The molecular formula is C17H21N3O3S. The van der Waals surface area contributed by atoms with Gasteiger partial charge in [0.25, 0.3) is 0 Å². The number of esters is 1. The third-order valence-corrected chi connectivity index (χ3v) is 4.05. The second kappa shape index (κ2) is 9.77. The van der Waals surface area contributed by atoms with Crippen LogP contribution < -0.4 is 5.32 Å². The molecule has 0 aliphatic rings. The van der Waals surface area contributed by atoms with Crippen molar-refractivity contribution in [2.75, 3.05) is 18.9 Å². The van der Waals surface area contributed by atoms with Crippen LogP contribution in [0.5, 0.6) is 0 Å². The lowest BCUT2D eigenvalue weighted by atomic mass is 10.2. The topological polar surface area (TPSA) is 84.1 Å². The molecule has 24 heavy (non-hydrogen) atoms. The zero-order chi connectivity index (χ0) is 17.2. The smallest absolute Gasteiger partial charge is 0.305 e. The van der Waals surface area contributed by atoms with Crippen LogP contribution >= 0.6 is 11.8 Å². The fourth-order valence-electron chi connectivity index (χ4n) is 2.02. The molecule has 2 rings (SSSR count). The predicted molar refractivity (Wildman–Crippen MR) is 93.6 cm³/mol. The molecule has 0 fully saturated rings. The van der Waals surface area contributed by atoms with Crippen LogP contribution in [0.25, 0.3) is 11.3 Å². The van der Waals surface area contributed by atoms with Gasteiger partial charge in [-0.15, -0.1) is 0 Å². The maximum atomic E-state index is 11.8. The Morgan fingerprint density at radius 2 is 2.08 bits per heavy atom. The molecule has 0 saturated heterocycles. The van der Waals surface area contributed by atoms with Gasteiger partial charge in [0.15, 0.2) is 5.16 Å². The van der Waals surface area contributed by atoms with Crippen molar-refractivity contribution in [3.05, 3.63) is 36.5 Å². The fraction of sp³-hybridized carbons (Fsp3) is 0.353. The Bertz CT molecular complexity index is 658. The van der Waals surface area contributed by atoms with Crippen LogP contribution in [0, 0.1) is 0 Å². The number of benzene rings is 1. The molecule has 128 valence electrons. The van der Waals surface area contributed by atoms with Crippen molar-refractivity contribution in [2.24, 2.45) is 0 Å². The number of aromatic nitrogens is 2. The number of carbonyl (C=O) groups is 2. The number of amides is 1. The quantitative estimate of drug-likeness (QED) is 0.414. The van der Waals surface area contributed by atoms with E-state index in [2.05, 4.69) is 15.3 Å². The van der Waals surface area contributed by atoms with E-state index in [0.29, 0.717) is 31.1 Å². The minimum Gasteiger partial charge on any atom is -0.466 e. The highest BCUT2D eigenvalue weighted by molar-refractivity contribution is 7.99. The minimum atomic E-state index is -0.231. The molecule has 1 heterocycles. The van der Waals surface area contributed by atoms with Gasteiger partial charge in [-0.3, -0.25) is 9.59 Å². The van der Waals surface area contributed by atoms with E-state index in [1.54, 1.807) is 13.1 Å². The molecule has 0 aliphatic carbocycles. The molecular weight excluding hydrogens is 326 g/mol. The highest BCUT2D eigenvalue weighted by atomic mass is 32.2. The number of ether oxygens (including phenoxy) is 1. The number of H-pyrrole nitrogens is 1. The Morgan fingerprint density at radius 1 is 1.29 bits per heavy atom. The maximum absolute atomic E-state index is 11.8. The van der Waals surface area contributed by atoms with E-state index in [1.807, 2.05) is 30.3 Å². The maximum Gasteiger partial charge on any atom is 0.305 e. The zero-order valence-corrected chi connectivity index (χ0v) is 14.4. The molecule has 2 aromatic rings. The highest BCUT2D eigenvalue weighted by Crippen LogP contribution is 2.20. The number of nitrogens with one attached hydrogen (secondary N) is 2. The molecule has 0 spiro atoms. The molecule has 6 nitrogen and oxygen atoms in total. The number of rotatable bonds is 9. The second-order valence-electron chi connectivity index (χ2n) is 5.02. The number of thioether (sulfide) groups is 1. The van der Waals surface area contributed by atoms with Crippen molar-refractivity contribution in [3.63, 3.8) is 0 Å². The number of nitrogens with zero attached hydrogens (tertiary/aromatic N) is 1. The van der Waals surface area contributed by atoms with Crippen LogP contribution in [0.3, 0.4) is 0 Å². The average Bonchev–Trinajstić information content (AvgIpc) is 3.07. The molecule has 1 aromatic heterocycles. The van der Waals surface area contributed by atoms with Crippen LogP contribution in [-0.2, 0) is 14.3 Å². The molecule has 0 aliphatic heterocycles. The summed E-state index contributed by atoms with van der Waals surface area (Å²) in [5, 5.41) is 3.48. The first-order valence-corrected chi connectivity index (χ1v) is 8.83. The van der Waals surface area contributed by atoms with Gasteiger partial charge in [-0.25, -0.2) is 4.98 Å². The standard InChI is InChI=1S/C17H21N3O3S/c1-2-23-16(22)9-6-10-18-15(21)12-24-17-19-11-14(20-17)13-7-4-3-5-8-13/h3-5,7-8,11H,2,6,9-10,12H2,1H3,(H,18,21)(H,19,20). The SMILES string of the molecule is CCOC(=O)CCCNC(=O)CSc1ncc(-c2ccccc2)[nH]1. The van der Waals surface area contributed by atoms with E-state index in [-0.39, 0.29) is 17.6 Å². The minimum absolute atomic E-state index is 0.0819. The summed E-state index contributed by atoms with van der Waals surface area (Å²) in [7, 11) is 0. The van der Waals surface area contributed by atoms with Crippen LogP contribution in [0.1, 0.15) is 19.8 Å². The van der Waals surface area contributed by atoms with Crippen LogP contribution in [-0.4, -0.2) is 40.7 Å². The first-order valence-electron chi connectivity index (χ1n) is 7.84. The normalized spacial score (nSPS) is 10.4. The number of imidazole rings is 1. The lowest BCUT2D eigenvalue weighted by Crippen LogP contribution is -2.26. The van der Waals surface area contributed by atoms with Gasteiger partial charge in [0.1, 0.15) is 0 Å². The molecule has 0 unspecified atom stereocenters. The van der Waals surface area contributed by atoms with E-state index in [1.165, 1.54) is 11.8 Å². The van der Waals surface area contributed by atoms with Crippen molar-refractivity contribution in [2.45, 2.75) is 24.9 Å². The molecule has 2 N–H and O–H groups in total. The third-order valence-electron chi connectivity index (χ3n) is 3.16. The lowest BCUT2D eigenvalue weighted by Gasteiger charge is -2.04. The molecule has 1 aromatic carbocycles. The molecule has 0 atom stereocenters. The fourth-order valence-corrected chi connectivity index (χ4v) is 2.70. The summed E-state index contributed by atoms with van der Waals surface area (Å²) in [6.07, 6.45) is 2.66. The summed E-state index contributed by atoms with van der Waals surface area (Å²) in [4.78, 5) is 30.4. The monoisotopic (exact) mass is 347 g/mol. The van der Waals surface area contributed by atoms with Crippen molar-refractivity contribution in [1.29, 1.82) is 0 Å². The van der Waals surface area contributed by atoms with Gasteiger partial charge in [-0.1, -0.05) is 42.1 Å². The second-order valence-corrected chi connectivity index (χ2v) is 5.98. The van der Waals surface area contributed by atoms with Gasteiger partial charge in [0, 0.05) is 13.0 Å². The summed E-state index contributed by atoms with van der Waals surface area (Å²) >= 11 is 1.35. The van der Waals surface area contributed by atoms with Crippen molar-refractivity contribution >= 4 is 23.6 Å². The largest absolute Gasteiger partial charge is 0.466 e. The average molecular weight is 347 g/mol. The Kier molecular flexibility index (Phi) is 7.35. The van der Waals surface area contributed by atoms with Gasteiger partial charge in [0.2, 0.25) is 5.91 Å². The van der Waals surface area contributed by atoms with E-state index in [4.69, 9.17) is 4.74 Å². The van der Waals surface area contributed by atoms with Crippen LogP contribution in [0.2, 0.25) is 0 Å². The van der Waals surface area contributed by atoms with Gasteiger partial charge < -0.3 is 15.0 Å². The predicted octanol–water partition coefficient (Wildman–Crippen LogP) is 2.63. The number of hydrogen-bond acceptors (Lipinski definition) is 5. The van der Waals surface area contributed by atoms with Crippen molar-refractivity contribution < 1.29 is 14.3 Å². The Hall–Kier alpha value is -2.28. The van der Waals surface area contributed by atoms with Crippen LogP contribution in [0.15, 0.2) is 41.7 Å². The van der Waals surface area contributed by atoms with Crippen molar-refractivity contribution in [3.8, 4) is 11.3 Å². The van der Waals surface area contributed by atoms with Gasteiger partial charge in [0.05, 0.1) is 24.3 Å². The summed E-state index contributed by atoms with van der Waals surface area (Å²) in [5.74, 6) is -0.0343. The van der Waals surface area contributed by atoms with Crippen molar-refractivity contribution in [1.82, 2.24) is 15.3 Å². The first-order chi connectivity index (χ1) is 11.7. The third kappa shape index (κ3) is 6.08. The van der Waals surface area contributed by atoms with E-state index >= 15 is 0 Å². The Morgan fingerprint density at radius 3 is 2.83 bits per heavy atom. The Balaban J connectivity index is 1.67. The number of hydrogen-bond donors (Lipinski definition) is 2. The number of aromatic amines is 1. The van der Waals surface area contributed by atoms with Crippen LogP contribution in [0.4, 0.5) is 0 Å². The molecule has 0 radical (unpaired) electrons. The lowest BCUT2D eigenvalue weighted by molar-refractivity contribution is -0.143. The highest BCUT2D eigenvalue weighted by Gasteiger charge is 2.07. The summed E-state index contributed by atoms with van der Waals surface area (Å²) in [6.45, 7) is 2.62. The molecule has 7 heteroatoms. The molecule has 0 saturated carbocycles. The van der Waals surface area contributed by atoms with E-state index in [9.17, 15) is 9.59 Å². The summed E-state index contributed by atoms with van der Waals surface area (Å²) < 4.78 is 4.82.